The largest absolute Gasteiger partial charge is 0.351 e. The van der Waals surface area contributed by atoms with Crippen LogP contribution >= 0.6 is 11.3 Å². The molecule has 2 aromatic heterocycles. The molecule has 1 atom stereocenters. The first-order chi connectivity index (χ1) is 13.7. The van der Waals surface area contributed by atoms with E-state index in [0.29, 0.717) is 12.1 Å². The standard InChI is InChI=1S/C22H27N3O2S/c26-20(15-18-9-6-14-28-18)25(17-11-12-17)21(19-10-4-5-13-23-19)22(27)24-16-7-2-1-3-8-16/h4-6,9-10,13-14,16-17,21H,1-3,7-8,11-12,15H2,(H,24,27). The summed E-state index contributed by atoms with van der Waals surface area (Å²) < 4.78 is 0. The van der Waals surface area contributed by atoms with Crippen LogP contribution in [0.15, 0.2) is 41.9 Å². The average Bonchev–Trinajstić information content (AvgIpc) is 3.42. The predicted octanol–water partition coefficient (Wildman–Crippen LogP) is 3.87. The monoisotopic (exact) mass is 397 g/mol. The fourth-order valence-electron chi connectivity index (χ4n) is 4.03. The molecule has 1 unspecified atom stereocenters. The number of hydrogen-bond acceptors (Lipinski definition) is 4. The first-order valence-electron chi connectivity index (χ1n) is 10.3. The van der Waals surface area contributed by atoms with Crippen molar-refractivity contribution in [1.82, 2.24) is 15.2 Å². The normalized spacial score (nSPS) is 18.4. The van der Waals surface area contributed by atoms with Gasteiger partial charge in [0.25, 0.3) is 0 Å². The Morgan fingerprint density at radius 2 is 1.93 bits per heavy atom. The molecule has 0 spiro atoms. The Balaban J connectivity index is 1.58. The summed E-state index contributed by atoms with van der Waals surface area (Å²) in [6.45, 7) is 0. The van der Waals surface area contributed by atoms with Crippen LogP contribution in [0.4, 0.5) is 0 Å². The van der Waals surface area contributed by atoms with Gasteiger partial charge in [-0.1, -0.05) is 31.4 Å². The second-order valence-corrected chi connectivity index (χ2v) is 8.82. The maximum Gasteiger partial charge on any atom is 0.249 e. The highest BCUT2D eigenvalue weighted by atomic mass is 32.1. The molecule has 148 valence electrons. The Hall–Kier alpha value is -2.21. The van der Waals surface area contributed by atoms with E-state index in [1.165, 1.54) is 6.42 Å². The van der Waals surface area contributed by atoms with E-state index in [1.807, 2.05) is 35.7 Å². The van der Waals surface area contributed by atoms with E-state index in [1.54, 1.807) is 22.4 Å². The van der Waals surface area contributed by atoms with Gasteiger partial charge in [-0.05, 0) is 49.3 Å². The molecule has 2 amide bonds. The van der Waals surface area contributed by atoms with Crippen molar-refractivity contribution in [1.29, 1.82) is 0 Å². The lowest BCUT2D eigenvalue weighted by Gasteiger charge is -2.33. The number of amides is 2. The molecule has 0 saturated heterocycles. The summed E-state index contributed by atoms with van der Waals surface area (Å²) in [6, 6.07) is 9.22. The van der Waals surface area contributed by atoms with Crippen LogP contribution in [0, 0.1) is 0 Å². The van der Waals surface area contributed by atoms with Crippen LogP contribution < -0.4 is 5.32 Å². The van der Waals surface area contributed by atoms with Crippen molar-refractivity contribution in [2.75, 3.05) is 0 Å². The number of carbonyl (C=O) groups is 2. The fraction of sp³-hybridized carbons (Fsp3) is 0.500. The van der Waals surface area contributed by atoms with E-state index in [4.69, 9.17) is 0 Å². The van der Waals surface area contributed by atoms with E-state index >= 15 is 0 Å². The summed E-state index contributed by atoms with van der Waals surface area (Å²) in [5, 5.41) is 5.21. The number of nitrogens with zero attached hydrogens (tertiary/aromatic N) is 2. The van der Waals surface area contributed by atoms with Gasteiger partial charge in [-0.15, -0.1) is 11.3 Å². The molecule has 0 aromatic carbocycles. The van der Waals surface area contributed by atoms with Crippen LogP contribution in [0.5, 0.6) is 0 Å². The topological polar surface area (TPSA) is 62.3 Å². The van der Waals surface area contributed by atoms with Crippen LogP contribution in [0.2, 0.25) is 0 Å². The Bertz CT molecular complexity index is 783. The lowest BCUT2D eigenvalue weighted by atomic mass is 9.95. The zero-order chi connectivity index (χ0) is 19.3. The van der Waals surface area contributed by atoms with Crippen molar-refractivity contribution in [3.63, 3.8) is 0 Å². The molecule has 2 heterocycles. The molecule has 4 rings (SSSR count). The van der Waals surface area contributed by atoms with Crippen molar-refractivity contribution in [2.24, 2.45) is 0 Å². The van der Waals surface area contributed by atoms with E-state index < -0.39 is 6.04 Å². The highest BCUT2D eigenvalue weighted by Crippen LogP contribution is 2.35. The third kappa shape index (κ3) is 4.61. The Labute approximate surface area is 170 Å². The molecular formula is C22H27N3O2S. The summed E-state index contributed by atoms with van der Waals surface area (Å²) in [7, 11) is 0. The predicted molar refractivity (Wildman–Crippen MR) is 110 cm³/mol. The Kier molecular flexibility index (Phi) is 6.05. The van der Waals surface area contributed by atoms with Crippen LogP contribution in [0.1, 0.15) is 61.6 Å². The molecule has 6 heteroatoms. The minimum Gasteiger partial charge on any atom is -0.351 e. The molecule has 2 fully saturated rings. The van der Waals surface area contributed by atoms with E-state index in [0.717, 1.165) is 43.4 Å². The van der Waals surface area contributed by atoms with E-state index in [-0.39, 0.29) is 23.9 Å². The van der Waals surface area contributed by atoms with Gasteiger partial charge < -0.3 is 10.2 Å². The first-order valence-corrected chi connectivity index (χ1v) is 11.1. The SMILES string of the molecule is O=C(NC1CCCCC1)C(c1ccccn1)N(C(=O)Cc1cccs1)C1CC1. The highest BCUT2D eigenvalue weighted by molar-refractivity contribution is 7.10. The van der Waals surface area contributed by atoms with Crippen molar-refractivity contribution in [3.8, 4) is 0 Å². The fourth-order valence-corrected chi connectivity index (χ4v) is 4.73. The molecule has 2 aliphatic carbocycles. The number of carbonyl (C=O) groups excluding carboxylic acids is 2. The summed E-state index contributed by atoms with van der Waals surface area (Å²) in [5.41, 5.74) is 0.655. The maximum atomic E-state index is 13.4. The number of hydrogen-bond donors (Lipinski definition) is 1. The second kappa shape index (κ2) is 8.86. The molecule has 2 aromatic rings. The minimum absolute atomic E-state index is 0.0133. The number of rotatable bonds is 7. The third-order valence-electron chi connectivity index (χ3n) is 5.58. The number of aromatic nitrogens is 1. The Morgan fingerprint density at radius 1 is 1.11 bits per heavy atom. The minimum atomic E-state index is -0.650. The molecule has 2 saturated carbocycles. The first kappa shape index (κ1) is 19.1. The number of nitrogens with one attached hydrogen (secondary N) is 1. The van der Waals surface area contributed by atoms with Gasteiger partial charge in [0, 0.05) is 23.2 Å². The molecule has 0 radical (unpaired) electrons. The summed E-state index contributed by atoms with van der Waals surface area (Å²) in [6.07, 6.45) is 9.54. The molecule has 0 bridgehead atoms. The number of thiophene rings is 1. The molecular weight excluding hydrogens is 370 g/mol. The van der Waals surface area contributed by atoms with Crippen LogP contribution in [-0.2, 0) is 16.0 Å². The molecule has 5 nitrogen and oxygen atoms in total. The van der Waals surface area contributed by atoms with Gasteiger partial charge in [0.15, 0.2) is 6.04 Å². The van der Waals surface area contributed by atoms with Gasteiger partial charge in [0.2, 0.25) is 11.8 Å². The average molecular weight is 398 g/mol. The second-order valence-electron chi connectivity index (χ2n) is 7.79. The maximum absolute atomic E-state index is 13.4. The van der Waals surface area contributed by atoms with Crippen molar-refractivity contribution in [2.45, 2.75) is 69.5 Å². The third-order valence-corrected chi connectivity index (χ3v) is 6.46. The van der Waals surface area contributed by atoms with Crippen molar-refractivity contribution in [3.05, 3.63) is 52.5 Å². The van der Waals surface area contributed by atoms with Gasteiger partial charge >= 0.3 is 0 Å². The van der Waals surface area contributed by atoms with Gasteiger partial charge in [-0.25, -0.2) is 0 Å². The van der Waals surface area contributed by atoms with Crippen molar-refractivity contribution >= 4 is 23.2 Å². The summed E-state index contributed by atoms with van der Waals surface area (Å²) in [5.74, 6) is -0.0728. The van der Waals surface area contributed by atoms with Crippen LogP contribution in [-0.4, -0.2) is 33.8 Å². The number of pyridine rings is 1. The summed E-state index contributed by atoms with van der Waals surface area (Å²) in [4.78, 5) is 33.9. The zero-order valence-corrected chi connectivity index (χ0v) is 16.9. The van der Waals surface area contributed by atoms with Gasteiger partial charge in [-0.2, -0.15) is 0 Å². The van der Waals surface area contributed by atoms with Gasteiger partial charge in [0.1, 0.15) is 0 Å². The lowest BCUT2D eigenvalue weighted by molar-refractivity contribution is -0.141. The molecule has 1 N–H and O–H groups in total. The smallest absolute Gasteiger partial charge is 0.249 e. The molecule has 2 aliphatic rings. The quantitative estimate of drug-likeness (QED) is 0.771. The lowest BCUT2D eigenvalue weighted by Crippen LogP contribution is -2.48. The van der Waals surface area contributed by atoms with Gasteiger partial charge in [-0.3, -0.25) is 14.6 Å². The Morgan fingerprint density at radius 3 is 2.57 bits per heavy atom. The van der Waals surface area contributed by atoms with Crippen LogP contribution in [0.3, 0.4) is 0 Å². The summed E-state index contributed by atoms with van der Waals surface area (Å²) >= 11 is 1.58. The zero-order valence-electron chi connectivity index (χ0n) is 16.0. The van der Waals surface area contributed by atoms with E-state index in [9.17, 15) is 9.59 Å². The van der Waals surface area contributed by atoms with Crippen LogP contribution in [0.25, 0.3) is 0 Å². The highest BCUT2D eigenvalue weighted by Gasteiger charge is 2.42. The van der Waals surface area contributed by atoms with E-state index in [2.05, 4.69) is 10.3 Å². The van der Waals surface area contributed by atoms with Crippen molar-refractivity contribution < 1.29 is 9.59 Å². The van der Waals surface area contributed by atoms with Gasteiger partial charge in [0.05, 0.1) is 12.1 Å². The molecule has 28 heavy (non-hydrogen) atoms. The molecule has 0 aliphatic heterocycles.